The SMILES string of the molecule is Cc1ccc(CNC(=O)c2cc(F)ccc2Br)cc1F. The van der Waals surface area contributed by atoms with Gasteiger partial charge in [-0.05, 0) is 58.2 Å². The molecular formula is C15H12BrF2NO. The van der Waals surface area contributed by atoms with Gasteiger partial charge in [0.2, 0.25) is 0 Å². The van der Waals surface area contributed by atoms with E-state index in [1.165, 1.54) is 18.2 Å². The van der Waals surface area contributed by atoms with Gasteiger partial charge in [-0.2, -0.15) is 0 Å². The summed E-state index contributed by atoms with van der Waals surface area (Å²) >= 11 is 3.19. The van der Waals surface area contributed by atoms with E-state index in [0.717, 1.165) is 6.07 Å². The standard InChI is InChI=1S/C15H12BrF2NO/c1-9-2-3-10(6-14(9)18)8-19-15(20)12-7-11(17)4-5-13(12)16/h2-7H,8H2,1H3,(H,19,20). The van der Waals surface area contributed by atoms with Crippen LogP contribution in [0.4, 0.5) is 8.78 Å². The molecule has 0 aromatic heterocycles. The minimum Gasteiger partial charge on any atom is -0.348 e. The van der Waals surface area contributed by atoms with Crippen LogP contribution in [-0.2, 0) is 6.54 Å². The molecule has 1 N–H and O–H groups in total. The molecule has 0 saturated carbocycles. The molecule has 0 spiro atoms. The highest BCUT2D eigenvalue weighted by atomic mass is 79.9. The molecule has 2 aromatic carbocycles. The van der Waals surface area contributed by atoms with Crippen LogP contribution < -0.4 is 5.32 Å². The Morgan fingerprint density at radius 2 is 1.95 bits per heavy atom. The molecule has 0 saturated heterocycles. The van der Waals surface area contributed by atoms with Crippen molar-refractivity contribution in [3.8, 4) is 0 Å². The zero-order valence-corrected chi connectivity index (χ0v) is 12.3. The largest absolute Gasteiger partial charge is 0.348 e. The summed E-state index contributed by atoms with van der Waals surface area (Å²) in [6.45, 7) is 1.85. The predicted octanol–water partition coefficient (Wildman–Crippen LogP) is 3.97. The number of hydrogen-bond donors (Lipinski definition) is 1. The second-order valence-electron chi connectivity index (χ2n) is 4.39. The van der Waals surface area contributed by atoms with Gasteiger partial charge < -0.3 is 5.32 Å². The average molecular weight is 340 g/mol. The van der Waals surface area contributed by atoms with Crippen molar-refractivity contribution in [1.82, 2.24) is 5.32 Å². The summed E-state index contributed by atoms with van der Waals surface area (Å²) in [6, 6.07) is 8.63. The molecule has 5 heteroatoms. The summed E-state index contributed by atoms with van der Waals surface area (Å²) in [7, 11) is 0. The highest BCUT2D eigenvalue weighted by molar-refractivity contribution is 9.10. The molecule has 2 aromatic rings. The molecule has 0 atom stereocenters. The van der Waals surface area contributed by atoms with Crippen molar-refractivity contribution in [2.24, 2.45) is 0 Å². The quantitative estimate of drug-likeness (QED) is 0.900. The Hall–Kier alpha value is -1.75. The van der Waals surface area contributed by atoms with Gasteiger partial charge in [-0.1, -0.05) is 12.1 Å². The molecule has 0 aliphatic heterocycles. The molecule has 0 aliphatic rings. The average Bonchev–Trinajstić information content (AvgIpc) is 2.42. The van der Waals surface area contributed by atoms with Gasteiger partial charge in [-0.25, -0.2) is 8.78 Å². The summed E-state index contributed by atoms with van der Waals surface area (Å²) in [5.41, 5.74) is 1.40. The zero-order chi connectivity index (χ0) is 14.7. The maximum atomic E-state index is 13.4. The number of amides is 1. The lowest BCUT2D eigenvalue weighted by molar-refractivity contribution is 0.0949. The summed E-state index contributed by atoms with van der Waals surface area (Å²) in [5.74, 6) is -1.22. The van der Waals surface area contributed by atoms with Crippen molar-refractivity contribution in [2.45, 2.75) is 13.5 Å². The van der Waals surface area contributed by atoms with E-state index in [-0.39, 0.29) is 17.9 Å². The van der Waals surface area contributed by atoms with Gasteiger partial charge in [0.05, 0.1) is 5.56 Å². The van der Waals surface area contributed by atoms with Gasteiger partial charge in [0, 0.05) is 11.0 Å². The smallest absolute Gasteiger partial charge is 0.252 e. The fraction of sp³-hybridized carbons (Fsp3) is 0.133. The van der Waals surface area contributed by atoms with Crippen molar-refractivity contribution in [1.29, 1.82) is 0 Å². The maximum Gasteiger partial charge on any atom is 0.252 e. The van der Waals surface area contributed by atoms with Crippen molar-refractivity contribution >= 4 is 21.8 Å². The highest BCUT2D eigenvalue weighted by Crippen LogP contribution is 2.18. The third-order valence-electron chi connectivity index (χ3n) is 2.86. The van der Waals surface area contributed by atoms with Crippen LogP contribution in [0.3, 0.4) is 0 Å². The number of benzene rings is 2. The number of nitrogens with one attached hydrogen (secondary N) is 1. The molecule has 2 nitrogen and oxygen atoms in total. The Kier molecular flexibility index (Phi) is 4.49. The first-order chi connectivity index (χ1) is 9.47. The summed E-state index contributed by atoms with van der Waals surface area (Å²) in [4.78, 5) is 11.9. The minimum absolute atomic E-state index is 0.180. The molecule has 0 unspecified atom stereocenters. The lowest BCUT2D eigenvalue weighted by Gasteiger charge is -2.08. The topological polar surface area (TPSA) is 29.1 Å². The third-order valence-corrected chi connectivity index (χ3v) is 3.55. The predicted molar refractivity (Wildman–Crippen MR) is 76.4 cm³/mol. The van der Waals surface area contributed by atoms with Crippen LogP contribution in [-0.4, -0.2) is 5.91 Å². The summed E-state index contributed by atoms with van der Waals surface area (Å²) in [5, 5.41) is 2.63. The number of aryl methyl sites for hydroxylation is 1. The lowest BCUT2D eigenvalue weighted by atomic mass is 10.1. The minimum atomic E-state index is -0.486. The van der Waals surface area contributed by atoms with Gasteiger partial charge in [-0.3, -0.25) is 4.79 Å². The Balaban J connectivity index is 2.08. The van der Waals surface area contributed by atoms with Gasteiger partial charge >= 0.3 is 0 Å². The van der Waals surface area contributed by atoms with Crippen molar-refractivity contribution in [2.75, 3.05) is 0 Å². The van der Waals surface area contributed by atoms with E-state index < -0.39 is 11.7 Å². The fourth-order valence-corrected chi connectivity index (χ4v) is 2.12. The molecule has 0 fully saturated rings. The van der Waals surface area contributed by atoms with E-state index in [4.69, 9.17) is 0 Å². The van der Waals surface area contributed by atoms with Crippen LogP contribution in [0.25, 0.3) is 0 Å². The van der Waals surface area contributed by atoms with E-state index in [2.05, 4.69) is 21.2 Å². The van der Waals surface area contributed by atoms with Crippen LogP contribution >= 0.6 is 15.9 Å². The molecule has 0 aliphatic carbocycles. The molecule has 0 bridgehead atoms. The molecular weight excluding hydrogens is 328 g/mol. The highest BCUT2D eigenvalue weighted by Gasteiger charge is 2.11. The first-order valence-electron chi connectivity index (χ1n) is 5.95. The van der Waals surface area contributed by atoms with Gasteiger partial charge in [-0.15, -0.1) is 0 Å². The maximum absolute atomic E-state index is 13.4. The van der Waals surface area contributed by atoms with Crippen molar-refractivity contribution in [3.05, 3.63) is 69.2 Å². The number of hydrogen-bond acceptors (Lipinski definition) is 1. The zero-order valence-electron chi connectivity index (χ0n) is 10.7. The van der Waals surface area contributed by atoms with E-state index in [1.54, 1.807) is 19.1 Å². The van der Waals surface area contributed by atoms with Crippen LogP contribution in [0.2, 0.25) is 0 Å². The first-order valence-corrected chi connectivity index (χ1v) is 6.75. The Morgan fingerprint density at radius 1 is 1.20 bits per heavy atom. The first kappa shape index (κ1) is 14.7. The van der Waals surface area contributed by atoms with Gasteiger partial charge in [0.15, 0.2) is 0 Å². The second-order valence-corrected chi connectivity index (χ2v) is 5.24. The van der Waals surface area contributed by atoms with E-state index in [1.807, 2.05) is 0 Å². The van der Waals surface area contributed by atoms with Crippen LogP contribution in [0.15, 0.2) is 40.9 Å². The number of carbonyl (C=O) groups excluding carboxylic acids is 1. The van der Waals surface area contributed by atoms with E-state index >= 15 is 0 Å². The van der Waals surface area contributed by atoms with Gasteiger partial charge in [0.25, 0.3) is 5.91 Å². The monoisotopic (exact) mass is 339 g/mol. The summed E-state index contributed by atoms with van der Waals surface area (Å²) < 4.78 is 27.0. The Bertz CT molecular complexity index is 658. The van der Waals surface area contributed by atoms with Crippen LogP contribution in [0.5, 0.6) is 0 Å². The molecule has 1 amide bonds. The molecule has 2 rings (SSSR count). The second kappa shape index (κ2) is 6.13. The third kappa shape index (κ3) is 3.42. The fourth-order valence-electron chi connectivity index (χ4n) is 1.70. The molecule has 20 heavy (non-hydrogen) atoms. The summed E-state index contributed by atoms with van der Waals surface area (Å²) in [6.07, 6.45) is 0. The molecule has 0 radical (unpaired) electrons. The molecule has 104 valence electrons. The van der Waals surface area contributed by atoms with Crippen LogP contribution in [0, 0.1) is 18.6 Å². The molecule has 0 heterocycles. The lowest BCUT2D eigenvalue weighted by Crippen LogP contribution is -2.23. The number of carbonyl (C=O) groups is 1. The Morgan fingerprint density at radius 3 is 2.65 bits per heavy atom. The van der Waals surface area contributed by atoms with Crippen LogP contribution in [0.1, 0.15) is 21.5 Å². The number of rotatable bonds is 3. The van der Waals surface area contributed by atoms with Crippen molar-refractivity contribution < 1.29 is 13.6 Å². The number of halogens is 3. The Labute approximate surface area is 123 Å². The van der Waals surface area contributed by atoms with Crippen molar-refractivity contribution in [3.63, 3.8) is 0 Å². The van der Waals surface area contributed by atoms with E-state index in [0.29, 0.717) is 15.6 Å². The van der Waals surface area contributed by atoms with Gasteiger partial charge in [0.1, 0.15) is 11.6 Å². The normalized spacial score (nSPS) is 10.4. The van der Waals surface area contributed by atoms with E-state index in [9.17, 15) is 13.6 Å².